The highest BCUT2D eigenvalue weighted by atomic mass is 16.2. The van der Waals surface area contributed by atoms with Gasteiger partial charge in [-0.05, 0) is 26.7 Å². The second-order valence-electron chi connectivity index (χ2n) is 5.28. The zero-order valence-electron chi connectivity index (χ0n) is 12.1. The van der Waals surface area contributed by atoms with E-state index in [0.29, 0.717) is 6.54 Å². The monoisotopic (exact) mass is 269 g/mol. The number of amides is 3. The lowest BCUT2D eigenvalue weighted by molar-refractivity contribution is -0.122. The zero-order chi connectivity index (χ0) is 14.1. The number of nitrogens with one attached hydrogen (secondary N) is 3. The lowest BCUT2D eigenvalue weighted by Crippen LogP contribution is -2.50. The molecule has 1 unspecified atom stereocenters. The largest absolute Gasteiger partial charge is 0.355 e. The van der Waals surface area contributed by atoms with Crippen LogP contribution in [0.25, 0.3) is 0 Å². The van der Waals surface area contributed by atoms with Gasteiger partial charge in [-0.15, -0.1) is 0 Å². The highest BCUT2D eigenvalue weighted by Crippen LogP contribution is 2.16. The molecule has 3 N–H and O–H groups in total. The van der Waals surface area contributed by atoms with Crippen LogP contribution in [0.2, 0.25) is 0 Å². The number of rotatable bonds is 4. The number of likely N-dealkylation sites (N-methyl/N-ethyl adjacent to an activating group) is 1. The molecular formula is C14H27N3O2. The van der Waals surface area contributed by atoms with E-state index in [4.69, 9.17) is 0 Å². The van der Waals surface area contributed by atoms with Crippen LogP contribution < -0.4 is 16.0 Å². The molecule has 1 aliphatic rings. The Morgan fingerprint density at radius 3 is 2.26 bits per heavy atom. The zero-order valence-corrected chi connectivity index (χ0v) is 12.1. The smallest absolute Gasteiger partial charge is 0.315 e. The van der Waals surface area contributed by atoms with Gasteiger partial charge >= 0.3 is 6.03 Å². The first-order valence-electron chi connectivity index (χ1n) is 7.48. The predicted molar refractivity (Wildman–Crippen MR) is 75.9 cm³/mol. The molecule has 0 spiro atoms. The van der Waals surface area contributed by atoms with Crippen LogP contribution >= 0.6 is 0 Å². The summed E-state index contributed by atoms with van der Waals surface area (Å²) >= 11 is 0. The summed E-state index contributed by atoms with van der Waals surface area (Å²) in [6, 6.07) is -0.473. The summed E-state index contributed by atoms with van der Waals surface area (Å²) in [5.41, 5.74) is 0. The maximum Gasteiger partial charge on any atom is 0.315 e. The van der Waals surface area contributed by atoms with E-state index in [0.717, 1.165) is 12.8 Å². The Bertz CT molecular complexity index is 286. The molecule has 0 aromatic rings. The molecule has 0 aromatic heterocycles. The van der Waals surface area contributed by atoms with E-state index in [-0.39, 0.29) is 18.0 Å². The van der Waals surface area contributed by atoms with E-state index in [1.165, 1.54) is 32.1 Å². The molecule has 0 aliphatic heterocycles. The SMILES string of the molecule is CCNC(=O)C(C)NC(=O)NC1CCCCCCC1. The van der Waals surface area contributed by atoms with Gasteiger partial charge in [0.2, 0.25) is 5.91 Å². The Kier molecular flexibility index (Phi) is 7.30. The van der Waals surface area contributed by atoms with Gasteiger partial charge in [-0.3, -0.25) is 4.79 Å². The molecule has 1 fully saturated rings. The van der Waals surface area contributed by atoms with Crippen LogP contribution in [0.5, 0.6) is 0 Å². The van der Waals surface area contributed by atoms with Crippen molar-refractivity contribution < 1.29 is 9.59 Å². The molecule has 1 atom stereocenters. The molecule has 1 aliphatic carbocycles. The Morgan fingerprint density at radius 2 is 1.68 bits per heavy atom. The average molecular weight is 269 g/mol. The number of hydrogen-bond acceptors (Lipinski definition) is 2. The van der Waals surface area contributed by atoms with Crippen molar-refractivity contribution >= 4 is 11.9 Å². The molecule has 0 radical (unpaired) electrons. The van der Waals surface area contributed by atoms with Crippen LogP contribution in [-0.4, -0.2) is 30.6 Å². The van der Waals surface area contributed by atoms with Crippen LogP contribution in [0.4, 0.5) is 4.79 Å². The van der Waals surface area contributed by atoms with Crippen molar-refractivity contribution in [1.82, 2.24) is 16.0 Å². The van der Waals surface area contributed by atoms with E-state index in [2.05, 4.69) is 16.0 Å². The normalized spacial score (nSPS) is 18.8. The van der Waals surface area contributed by atoms with E-state index < -0.39 is 6.04 Å². The first kappa shape index (κ1) is 15.8. The van der Waals surface area contributed by atoms with Crippen LogP contribution in [0.15, 0.2) is 0 Å². The van der Waals surface area contributed by atoms with Crippen molar-refractivity contribution in [2.45, 2.75) is 70.9 Å². The van der Waals surface area contributed by atoms with Gasteiger partial charge in [0.05, 0.1) is 0 Å². The van der Waals surface area contributed by atoms with Crippen LogP contribution in [0.3, 0.4) is 0 Å². The van der Waals surface area contributed by atoms with Gasteiger partial charge in [-0.1, -0.05) is 32.1 Å². The van der Waals surface area contributed by atoms with Crippen LogP contribution in [0.1, 0.15) is 58.8 Å². The standard InChI is InChI=1S/C14H27N3O2/c1-3-15-13(18)11(2)16-14(19)17-12-9-7-5-4-6-8-10-12/h11-12H,3-10H2,1-2H3,(H,15,18)(H2,16,17,19). The fourth-order valence-electron chi connectivity index (χ4n) is 2.42. The van der Waals surface area contributed by atoms with Gasteiger partial charge in [-0.2, -0.15) is 0 Å². The summed E-state index contributed by atoms with van der Waals surface area (Å²) in [6.45, 7) is 4.14. The Labute approximate surface area is 115 Å². The van der Waals surface area contributed by atoms with Crippen LogP contribution in [0, 0.1) is 0 Å². The van der Waals surface area contributed by atoms with Crippen molar-refractivity contribution in [1.29, 1.82) is 0 Å². The van der Waals surface area contributed by atoms with Crippen molar-refractivity contribution in [3.05, 3.63) is 0 Å². The molecule has 1 rings (SSSR count). The summed E-state index contributed by atoms with van der Waals surface area (Å²) in [7, 11) is 0. The molecular weight excluding hydrogens is 242 g/mol. The molecule has 3 amide bonds. The Morgan fingerprint density at radius 1 is 1.11 bits per heavy atom. The highest BCUT2D eigenvalue weighted by Gasteiger charge is 2.17. The molecule has 0 saturated heterocycles. The third kappa shape index (κ3) is 6.45. The third-order valence-electron chi connectivity index (χ3n) is 3.53. The lowest BCUT2D eigenvalue weighted by Gasteiger charge is -2.22. The van der Waals surface area contributed by atoms with Crippen molar-refractivity contribution in [3.63, 3.8) is 0 Å². The van der Waals surface area contributed by atoms with E-state index in [1.807, 2.05) is 6.92 Å². The quantitative estimate of drug-likeness (QED) is 0.730. The van der Waals surface area contributed by atoms with E-state index in [1.54, 1.807) is 6.92 Å². The minimum Gasteiger partial charge on any atom is -0.355 e. The number of carbonyl (C=O) groups is 2. The number of urea groups is 1. The molecule has 19 heavy (non-hydrogen) atoms. The van der Waals surface area contributed by atoms with E-state index >= 15 is 0 Å². The summed E-state index contributed by atoms with van der Waals surface area (Å²) in [4.78, 5) is 23.3. The fourth-order valence-corrected chi connectivity index (χ4v) is 2.42. The summed E-state index contributed by atoms with van der Waals surface area (Å²) < 4.78 is 0. The molecule has 1 saturated carbocycles. The van der Waals surface area contributed by atoms with Gasteiger partial charge in [0, 0.05) is 12.6 Å². The lowest BCUT2D eigenvalue weighted by atomic mass is 9.97. The molecule has 0 aromatic carbocycles. The molecule has 110 valence electrons. The number of carbonyl (C=O) groups excluding carboxylic acids is 2. The predicted octanol–water partition coefficient (Wildman–Crippen LogP) is 1.92. The molecule has 0 bridgehead atoms. The van der Waals surface area contributed by atoms with Crippen LogP contribution in [-0.2, 0) is 4.79 Å². The second-order valence-corrected chi connectivity index (χ2v) is 5.28. The Balaban J connectivity index is 2.30. The van der Waals surface area contributed by atoms with E-state index in [9.17, 15) is 9.59 Å². The first-order chi connectivity index (χ1) is 9.13. The van der Waals surface area contributed by atoms with Gasteiger partial charge in [0.15, 0.2) is 0 Å². The second kappa shape index (κ2) is 8.77. The summed E-state index contributed by atoms with van der Waals surface area (Å²) in [6.07, 6.45) is 8.27. The van der Waals surface area contributed by atoms with Gasteiger partial charge in [0.25, 0.3) is 0 Å². The van der Waals surface area contributed by atoms with Crippen molar-refractivity contribution in [2.75, 3.05) is 6.54 Å². The molecule has 0 heterocycles. The number of hydrogen-bond donors (Lipinski definition) is 3. The summed E-state index contributed by atoms with van der Waals surface area (Å²) in [5.74, 6) is -0.143. The maximum atomic E-state index is 11.8. The first-order valence-corrected chi connectivity index (χ1v) is 7.48. The highest BCUT2D eigenvalue weighted by molar-refractivity contribution is 5.86. The average Bonchev–Trinajstić information content (AvgIpc) is 2.32. The minimum absolute atomic E-state index is 0.143. The van der Waals surface area contributed by atoms with Crippen molar-refractivity contribution in [3.8, 4) is 0 Å². The Hall–Kier alpha value is -1.26. The summed E-state index contributed by atoms with van der Waals surface area (Å²) in [5, 5.41) is 8.36. The topological polar surface area (TPSA) is 70.2 Å². The minimum atomic E-state index is -0.492. The van der Waals surface area contributed by atoms with Gasteiger partial charge < -0.3 is 16.0 Å². The van der Waals surface area contributed by atoms with Crippen molar-refractivity contribution in [2.24, 2.45) is 0 Å². The molecule has 5 heteroatoms. The van der Waals surface area contributed by atoms with Gasteiger partial charge in [0.1, 0.15) is 6.04 Å². The van der Waals surface area contributed by atoms with Gasteiger partial charge in [-0.25, -0.2) is 4.79 Å². The molecule has 5 nitrogen and oxygen atoms in total. The third-order valence-corrected chi connectivity index (χ3v) is 3.53. The maximum absolute atomic E-state index is 11.8. The fraction of sp³-hybridized carbons (Fsp3) is 0.857.